The van der Waals surface area contributed by atoms with Gasteiger partial charge in [0.2, 0.25) is 11.8 Å². The summed E-state index contributed by atoms with van der Waals surface area (Å²) in [5.41, 5.74) is 1.20. The molecule has 1 aromatic rings. The van der Waals surface area contributed by atoms with E-state index in [-0.39, 0.29) is 11.8 Å². The van der Waals surface area contributed by atoms with Gasteiger partial charge in [0.1, 0.15) is 0 Å². The predicted molar refractivity (Wildman–Crippen MR) is 98.6 cm³/mol. The number of carbonyl (C=O) groups excluding carboxylic acids is 2. The molecular formula is C19H29N3O3. The van der Waals surface area contributed by atoms with E-state index in [1.165, 1.54) is 5.69 Å². The largest absolute Gasteiger partial charge is 0.385 e. The second-order valence-electron chi connectivity index (χ2n) is 6.31. The van der Waals surface area contributed by atoms with Gasteiger partial charge in [-0.2, -0.15) is 0 Å². The highest BCUT2D eigenvalue weighted by molar-refractivity contribution is 5.78. The Morgan fingerprint density at radius 1 is 1.08 bits per heavy atom. The summed E-state index contributed by atoms with van der Waals surface area (Å²) in [5, 5.41) is 0. The van der Waals surface area contributed by atoms with Gasteiger partial charge in [0.15, 0.2) is 0 Å². The van der Waals surface area contributed by atoms with Gasteiger partial charge in [-0.15, -0.1) is 0 Å². The van der Waals surface area contributed by atoms with E-state index in [1.54, 1.807) is 18.9 Å². The topological polar surface area (TPSA) is 53.1 Å². The van der Waals surface area contributed by atoms with Crippen molar-refractivity contribution >= 4 is 17.5 Å². The van der Waals surface area contributed by atoms with Crippen molar-refractivity contribution in [1.82, 2.24) is 9.80 Å². The number of ether oxygens (including phenoxy) is 1. The molecule has 1 aliphatic heterocycles. The minimum absolute atomic E-state index is 0.0119. The van der Waals surface area contributed by atoms with E-state index in [9.17, 15) is 9.59 Å². The fourth-order valence-electron chi connectivity index (χ4n) is 3.07. The second-order valence-corrected chi connectivity index (χ2v) is 6.31. The molecule has 0 spiro atoms. The summed E-state index contributed by atoms with van der Waals surface area (Å²) >= 11 is 0. The van der Waals surface area contributed by atoms with Crippen LogP contribution in [-0.2, 0) is 14.3 Å². The highest BCUT2D eigenvalue weighted by Gasteiger charge is 2.21. The van der Waals surface area contributed by atoms with E-state index in [4.69, 9.17) is 4.74 Å². The summed E-state index contributed by atoms with van der Waals surface area (Å²) in [7, 11) is 1.65. The van der Waals surface area contributed by atoms with Gasteiger partial charge in [-0.3, -0.25) is 9.59 Å². The molecule has 1 aliphatic rings. The summed E-state index contributed by atoms with van der Waals surface area (Å²) < 4.78 is 5.02. The molecule has 6 heteroatoms. The molecule has 0 saturated carbocycles. The van der Waals surface area contributed by atoms with Gasteiger partial charge in [-0.1, -0.05) is 18.2 Å². The minimum atomic E-state index is 0.0119. The van der Waals surface area contributed by atoms with Crippen molar-refractivity contribution in [2.24, 2.45) is 0 Å². The lowest BCUT2D eigenvalue weighted by Crippen LogP contribution is -2.49. The van der Waals surface area contributed by atoms with E-state index in [2.05, 4.69) is 17.0 Å². The van der Waals surface area contributed by atoms with E-state index >= 15 is 0 Å². The zero-order chi connectivity index (χ0) is 18.1. The van der Waals surface area contributed by atoms with Gasteiger partial charge < -0.3 is 19.4 Å². The number of anilines is 1. The van der Waals surface area contributed by atoms with Crippen LogP contribution in [0.25, 0.3) is 0 Å². The Morgan fingerprint density at radius 3 is 2.36 bits per heavy atom. The number of piperazine rings is 1. The number of rotatable bonds is 8. The van der Waals surface area contributed by atoms with Gasteiger partial charge in [0, 0.05) is 72.0 Å². The average Bonchev–Trinajstić information content (AvgIpc) is 2.65. The van der Waals surface area contributed by atoms with Crippen molar-refractivity contribution in [3.8, 4) is 0 Å². The van der Waals surface area contributed by atoms with Crippen LogP contribution in [0, 0.1) is 0 Å². The Labute approximate surface area is 150 Å². The lowest BCUT2D eigenvalue weighted by molar-refractivity contribution is -0.133. The molecule has 6 nitrogen and oxygen atoms in total. The van der Waals surface area contributed by atoms with Gasteiger partial charge in [0.05, 0.1) is 0 Å². The summed E-state index contributed by atoms with van der Waals surface area (Å²) in [6.07, 6.45) is 1.18. The molecule has 2 amide bonds. The molecule has 0 radical (unpaired) electrons. The first-order valence-corrected chi connectivity index (χ1v) is 8.94. The van der Waals surface area contributed by atoms with E-state index in [0.29, 0.717) is 26.1 Å². The number of carbonyl (C=O) groups is 2. The Balaban J connectivity index is 1.75. The quantitative estimate of drug-likeness (QED) is 0.671. The fraction of sp³-hybridized carbons (Fsp3) is 0.579. The summed E-state index contributed by atoms with van der Waals surface area (Å²) in [6, 6.07) is 10.3. The molecule has 0 aromatic heterocycles. The molecule has 0 N–H and O–H groups in total. The second kappa shape index (κ2) is 10.0. The number of para-hydroxylation sites is 1. The molecule has 25 heavy (non-hydrogen) atoms. The number of hydrogen-bond donors (Lipinski definition) is 0. The highest BCUT2D eigenvalue weighted by Crippen LogP contribution is 2.16. The molecule has 0 aliphatic carbocycles. The average molecular weight is 347 g/mol. The van der Waals surface area contributed by atoms with Crippen LogP contribution < -0.4 is 4.90 Å². The lowest BCUT2D eigenvalue weighted by Gasteiger charge is -2.36. The monoisotopic (exact) mass is 347 g/mol. The number of benzene rings is 1. The van der Waals surface area contributed by atoms with E-state index in [0.717, 1.165) is 32.6 Å². The van der Waals surface area contributed by atoms with Crippen LogP contribution in [-0.4, -0.2) is 74.6 Å². The molecule has 0 bridgehead atoms. The molecule has 1 saturated heterocycles. The van der Waals surface area contributed by atoms with Gasteiger partial charge in [0.25, 0.3) is 0 Å². The van der Waals surface area contributed by atoms with Crippen LogP contribution in [0.3, 0.4) is 0 Å². The summed E-state index contributed by atoms with van der Waals surface area (Å²) in [4.78, 5) is 30.1. The fourth-order valence-corrected chi connectivity index (χ4v) is 3.07. The van der Waals surface area contributed by atoms with Crippen LogP contribution in [0.1, 0.15) is 19.8 Å². The van der Waals surface area contributed by atoms with E-state index in [1.807, 2.05) is 23.1 Å². The Hall–Kier alpha value is -2.08. The van der Waals surface area contributed by atoms with Crippen LogP contribution in [0.5, 0.6) is 0 Å². The maximum Gasteiger partial charge on any atom is 0.224 e. The number of hydrogen-bond acceptors (Lipinski definition) is 4. The molecule has 138 valence electrons. The van der Waals surface area contributed by atoms with Crippen LogP contribution >= 0.6 is 0 Å². The number of amides is 2. The first-order valence-electron chi connectivity index (χ1n) is 8.94. The zero-order valence-electron chi connectivity index (χ0n) is 15.3. The van der Waals surface area contributed by atoms with Crippen LogP contribution in [0.2, 0.25) is 0 Å². The van der Waals surface area contributed by atoms with Crippen molar-refractivity contribution in [1.29, 1.82) is 0 Å². The Bertz CT molecular complexity index is 542. The molecule has 2 rings (SSSR count). The minimum Gasteiger partial charge on any atom is -0.385 e. The van der Waals surface area contributed by atoms with Crippen LogP contribution in [0.15, 0.2) is 30.3 Å². The highest BCUT2D eigenvalue weighted by atomic mass is 16.5. The van der Waals surface area contributed by atoms with Crippen molar-refractivity contribution in [3.63, 3.8) is 0 Å². The number of nitrogens with zero attached hydrogens (tertiary/aromatic N) is 3. The summed E-state index contributed by atoms with van der Waals surface area (Å²) in [5.74, 6) is 0.142. The molecule has 1 aromatic carbocycles. The smallest absolute Gasteiger partial charge is 0.224 e. The summed E-state index contributed by atoms with van der Waals surface area (Å²) in [6.45, 7) is 6.46. The first-order chi connectivity index (χ1) is 12.1. The van der Waals surface area contributed by atoms with Crippen molar-refractivity contribution < 1.29 is 14.3 Å². The third kappa shape index (κ3) is 6.05. The zero-order valence-corrected chi connectivity index (χ0v) is 15.3. The predicted octanol–water partition coefficient (Wildman–Crippen LogP) is 1.61. The van der Waals surface area contributed by atoms with Crippen molar-refractivity contribution in [2.45, 2.75) is 19.8 Å². The normalized spacial score (nSPS) is 14.5. The SMILES string of the molecule is COCCCN(CCC(=O)N1CCN(c2ccccc2)CC1)C(C)=O. The third-order valence-electron chi connectivity index (χ3n) is 4.57. The Morgan fingerprint density at radius 2 is 1.76 bits per heavy atom. The maximum atomic E-state index is 12.4. The van der Waals surface area contributed by atoms with Gasteiger partial charge in [-0.25, -0.2) is 0 Å². The van der Waals surface area contributed by atoms with E-state index < -0.39 is 0 Å². The van der Waals surface area contributed by atoms with Gasteiger partial charge in [-0.05, 0) is 18.6 Å². The number of methoxy groups -OCH3 is 1. The molecule has 0 unspecified atom stereocenters. The molecule has 1 heterocycles. The maximum absolute atomic E-state index is 12.4. The van der Waals surface area contributed by atoms with Crippen molar-refractivity contribution in [2.75, 3.05) is 57.9 Å². The standard InChI is InChI=1S/C19H29N3O3/c1-17(23)20(10-6-16-25-2)11-9-19(24)22-14-12-21(13-15-22)18-7-4-3-5-8-18/h3-5,7-8H,6,9-16H2,1-2H3. The lowest BCUT2D eigenvalue weighted by atomic mass is 10.2. The van der Waals surface area contributed by atoms with Crippen LogP contribution in [0.4, 0.5) is 5.69 Å². The third-order valence-corrected chi connectivity index (χ3v) is 4.57. The Kier molecular flexibility index (Phi) is 7.73. The van der Waals surface area contributed by atoms with Gasteiger partial charge >= 0.3 is 0 Å². The molecular weight excluding hydrogens is 318 g/mol. The van der Waals surface area contributed by atoms with Crippen molar-refractivity contribution in [3.05, 3.63) is 30.3 Å². The molecule has 0 atom stereocenters. The molecule has 1 fully saturated rings. The first kappa shape index (κ1) is 19.2.